The zero-order valence-corrected chi connectivity index (χ0v) is 21.8. The van der Waals surface area contributed by atoms with E-state index in [0.29, 0.717) is 17.9 Å². The molecule has 2 atom stereocenters. The summed E-state index contributed by atoms with van der Waals surface area (Å²) in [5, 5.41) is 23.7. The number of aromatic hydroxyl groups is 1. The quantitative estimate of drug-likeness (QED) is 0.229. The third-order valence-electron chi connectivity index (χ3n) is 7.59. The van der Waals surface area contributed by atoms with Crippen LogP contribution in [0.2, 0.25) is 0 Å². The zero-order valence-electron chi connectivity index (χ0n) is 21.8. The molecular weight excluding hydrogens is 498 g/mol. The van der Waals surface area contributed by atoms with E-state index in [1.807, 2.05) is 120 Å². The maximum absolute atomic E-state index is 13.0. The number of rotatable bonds is 8. The second kappa shape index (κ2) is 10.7. The summed E-state index contributed by atoms with van der Waals surface area (Å²) in [7, 11) is 0. The van der Waals surface area contributed by atoms with Gasteiger partial charge in [-0.25, -0.2) is 0 Å². The first-order valence-corrected chi connectivity index (χ1v) is 13.3. The first-order valence-electron chi connectivity index (χ1n) is 13.3. The molecule has 198 valence electrons. The van der Waals surface area contributed by atoms with Crippen LogP contribution in [0, 0.1) is 0 Å². The molecule has 0 amide bonds. The van der Waals surface area contributed by atoms with Gasteiger partial charge in [-0.15, -0.1) is 0 Å². The van der Waals surface area contributed by atoms with Gasteiger partial charge >= 0.3 is 0 Å². The number of aliphatic hydroxyl groups is 1. The number of aldehydes is 1. The number of ether oxygens (including phenoxy) is 1. The lowest BCUT2D eigenvalue weighted by atomic mass is 9.82. The number of nitrogens with zero attached hydrogens (tertiary/aromatic N) is 1. The van der Waals surface area contributed by atoms with Crippen molar-refractivity contribution in [2.45, 2.75) is 24.3 Å². The van der Waals surface area contributed by atoms with E-state index in [9.17, 15) is 15.0 Å². The molecule has 5 heteroatoms. The third-order valence-corrected chi connectivity index (χ3v) is 7.59. The van der Waals surface area contributed by atoms with Gasteiger partial charge in [0.05, 0.1) is 6.04 Å². The number of hydrogen-bond acceptors (Lipinski definition) is 5. The van der Waals surface area contributed by atoms with Crippen molar-refractivity contribution < 1.29 is 19.7 Å². The number of para-hydroxylation sites is 1. The van der Waals surface area contributed by atoms with Gasteiger partial charge in [-0.05, 0) is 34.9 Å². The lowest BCUT2D eigenvalue weighted by Gasteiger charge is -2.38. The van der Waals surface area contributed by atoms with Crippen molar-refractivity contribution in [3.05, 3.63) is 161 Å². The number of benzene rings is 5. The van der Waals surface area contributed by atoms with Crippen LogP contribution in [0.5, 0.6) is 11.5 Å². The molecule has 0 saturated carbocycles. The SMILES string of the molecule is O=CC1N(C(c2ccccc2)c2ccccc2)c2ccccc2C1(O)c1ccc(OCc2ccccc2)cc1O. The van der Waals surface area contributed by atoms with Gasteiger partial charge in [-0.3, -0.25) is 0 Å². The van der Waals surface area contributed by atoms with Gasteiger partial charge in [0, 0.05) is 22.9 Å². The summed E-state index contributed by atoms with van der Waals surface area (Å²) in [6.45, 7) is 0.341. The molecule has 5 aromatic rings. The summed E-state index contributed by atoms with van der Waals surface area (Å²) < 4.78 is 5.90. The van der Waals surface area contributed by atoms with E-state index in [4.69, 9.17) is 4.74 Å². The zero-order chi connectivity index (χ0) is 27.5. The van der Waals surface area contributed by atoms with Crippen molar-refractivity contribution in [2.75, 3.05) is 4.90 Å². The Morgan fingerprint density at radius 1 is 0.750 bits per heavy atom. The molecule has 1 aliphatic rings. The topological polar surface area (TPSA) is 70.0 Å². The second-order valence-electron chi connectivity index (χ2n) is 9.95. The molecule has 1 heterocycles. The summed E-state index contributed by atoms with van der Waals surface area (Å²) >= 11 is 0. The lowest BCUT2D eigenvalue weighted by Crippen LogP contribution is -2.48. The Morgan fingerprint density at radius 2 is 1.32 bits per heavy atom. The highest BCUT2D eigenvalue weighted by Gasteiger charge is 2.54. The van der Waals surface area contributed by atoms with Crippen LogP contribution in [0.3, 0.4) is 0 Å². The molecule has 6 rings (SSSR count). The van der Waals surface area contributed by atoms with Crippen molar-refractivity contribution in [1.29, 1.82) is 0 Å². The smallest absolute Gasteiger partial charge is 0.147 e. The number of fused-ring (bicyclic) bond motifs is 1. The Morgan fingerprint density at radius 3 is 1.93 bits per heavy atom. The van der Waals surface area contributed by atoms with Crippen LogP contribution in [0.25, 0.3) is 0 Å². The molecule has 0 saturated heterocycles. The fourth-order valence-electron chi connectivity index (χ4n) is 5.75. The van der Waals surface area contributed by atoms with Crippen LogP contribution in [0.4, 0.5) is 5.69 Å². The van der Waals surface area contributed by atoms with Gasteiger partial charge in [0.1, 0.15) is 36.0 Å². The first kappa shape index (κ1) is 25.4. The Balaban J connectivity index is 1.44. The maximum Gasteiger partial charge on any atom is 0.147 e. The van der Waals surface area contributed by atoms with Gasteiger partial charge in [0.25, 0.3) is 0 Å². The van der Waals surface area contributed by atoms with Crippen molar-refractivity contribution in [3.8, 4) is 11.5 Å². The minimum atomic E-state index is -1.80. The van der Waals surface area contributed by atoms with E-state index in [1.54, 1.807) is 12.1 Å². The molecule has 0 radical (unpaired) electrons. The average Bonchev–Trinajstić information content (AvgIpc) is 3.26. The van der Waals surface area contributed by atoms with Crippen LogP contribution in [0.1, 0.15) is 33.9 Å². The molecule has 0 spiro atoms. The number of anilines is 1. The molecule has 2 N–H and O–H groups in total. The van der Waals surface area contributed by atoms with Crippen LogP contribution >= 0.6 is 0 Å². The van der Waals surface area contributed by atoms with Crippen LogP contribution in [0.15, 0.2) is 133 Å². The van der Waals surface area contributed by atoms with Crippen molar-refractivity contribution in [1.82, 2.24) is 0 Å². The molecule has 0 fully saturated rings. The summed E-state index contributed by atoms with van der Waals surface area (Å²) in [5.74, 6) is 0.318. The predicted molar refractivity (Wildman–Crippen MR) is 155 cm³/mol. The van der Waals surface area contributed by atoms with Crippen molar-refractivity contribution in [3.63, 3.8) is 0 Å². The van der Waals surface area contributed by atoms with Gasteiger partial charge < -0.3 is 24.6 Å². The molecule has 1 aliphatic heterocycles. The van der Waals surface area contributed by atoms with E-state index >= 15 is 0 Å². The highest BCUT2D eigenvalue weighted by molar-refractivity contribution is 5.81. The summed E-state index contributed by atoms with van der Waals surface area (Å²) in [6, 6.07) is 40.6. The second-order valence-corrected chi connectivity index (χ2v) is 9.95. The molecular formula is C35H29NO4. The van der Waals surface area contributed by atoms with E-state index in [1.165, 1.54) is 6.07 Å². The summed E-state index contributed by atoms with van der Waals surface area (Å²) in [5.41, 5.74) is 2.68. The highest BCUT2D eigenvalue weighted by Crippen LogP contribution is 2.53. The highest BCUT2D eigenvalue weighted by atomic mass is 16.5. The minimum Gasteiger partial charge on any atom is -0.507 e. The van der Waals surface area contributed by atoms with E-state index in [-0.39, 0.29) is 17.4 Å². The summed E-state index contributed by atoms with van der Waals surface area (Å²) in [6.07, 6.45) is 0.776. The molecule has 40 heavy (non-hydrogen) atoms. The number of carbonyl (C=O) groups excluding carboxylic acids is 1. The average molecular weight is 528 g/mol. The monoisotopic (exact) mass is 527 g/mol. The largest absolute Gasteiger partial charge is 0.507 e. The van der Waals surface area contributed by atoms with Crippen LogP contribution < -0.4 is 9.64 Å². The predicted octanol–water partition coefficient (Wildman–Crippen LogP) is 6.38. The number of phenolic OH excluding ortho intramolecular Hbond substituents is 1. The fraction of sp³-hybridized carbons (Fsp3) is 0.114. The van der Waals surface area contributed by atoms with Crippen molar-refractivity contribution in [2.24, 2.45) is 0 Å². The molecule has 5 aromatic carbocycles. The van der Waals surface area contributed by atoms with Crippen molar-refractivity contribution >= 4 is 12.0 Å². The summed E-state index contributed by atoms with van der Waals surface area (Å²) in [4.78, 5) is 14.9. The van der Waals surface area contributed by atoms with Gasteiger partial charge in [-0.2, -0.15) is 0 Å². The van der Waals surface area contributed by atoms with Gasteiger partial charge in [0.15, 0.2) is 0 Å². The first-order chi connectivity index (χ1) is 19.6. The molecule has 2 unspecified atom stereocenters. The molecule has 0 aromatic heterocycles. The van der Waals surface area contributed by atoms with Gasteiger partial charge in [0.2, 0.25) is 0 Å². The number of carbonyl (C=O) groups is 1. The Kier molecular flexibility index (Phi) is 6.81. The fourth-order valence-corrected chi connectivity index (χ4v) is 5.75. The molecule has 0 aliphatic carbocycles. The number of hydrogen-bond donors (Lipinski definition) is 2. The Bertz CT molecular complexity index is 1570. The normalized spacial score (nSPS) is 17.9. The van der Waals surface area contributed by atoms with E-state index in [2.05, 4.69) is 0 Å². The molecule has 5 nitrogen and oxygen atoms in total. The Labute approximate surface area is 233 Å². The third kappa shape index (κ3) is 4.40. The minimum absolute atomic E-state index is 0.146. The maximum atomic E-state index is 13.0. The van der Waals surface area contributed by atoms with Crippen LogP contribution in [-0.4, -0.2) is 22.5 Å². The lowest BCUT2D eigenvalue weighted by molar-refractivity contribution is -0.113. The van der Waals surface area contributed by atoms with Gasteiger partial charge in [-0.1, -0.05) is 109 Å². The van der Waals surface area contributed by atoms with Crippen LogP contribution in [-0.2, 0) is 17.0 Å². The van der Waals surface area contributed by atoms with E-state index < -0.39 is 11.6 Å². The Hall–Kier alpha value is -4.87. The number of phenols is 1. The van der Waals surface area contributed by atoms with E-state index in [0.717, 1.165) is 28.7 Å². The standard InChI is InChI=1S/C35H29NO4/c37-23-33-35(39,30-21-20-28(22-32(30)38)40-24-25-12-4-1-5-13-25)29-18-10-11-19-31(29)36(33)34(26-14-6-2-7-15-26)27-16-8-3-9-17-27/h1-23,33-34,38-39H,24H2. The molecule has 0 bridgehead atoms.